The van der Waals surface area contributed by atoms with Crippen molar-refractivity contribution in [3.8, 4) is 5.75 Å². The Labute approximate surface area is 132 Å². The Morgan fingerprint density at radius 3 is 2.77 bits per heavy atom. The van der Waals surface area contributed by atoms with Crippen molar-refractivity contribution in [3.05, 3.63) is 52.4 Å². The zero-order chi connectivity index (χ0) is 16.1. The van der Waals surface area contributed by atoms with Crippen LogP contribution < -0.4 is 4.74 Å². The van der Waals surface area contributed by atoms with Crippen LogP contribution in [0.1, 0.15) is 40.5 Å². The maximum atomic E-state index is 11.7. The minimum absolute atomic E-state index is 0.0808. The summed E-state index contributed by atoms with van der Waals surface area (Å²) in [7, 11) is 0. The van der Waals surface area contributed by atoms with E-state index >= 15 is 0 Å². The van der Waals surface area contributed by atoms with E-state index in [4.69, 9.17) is 25.5 Å². The van der Waals surface area contributed by atoms with Crippen LogP contribution in [0.4, 0.5) is 0 Å². The van der Waals surface area contributed by atoms with Crippen LogP contribution >= 0.6 is 11.6 Å². The van der Waals surface area contributed by atoms with Crippen molar-refractivity contribution in [2.45, 2.75) is 26.6 Å². The Balaban J connectivity index is 2.02. The summed E-state index contributed by atoms with van der Waals surface area (Å²) in [6.45, 7) is 3.59. The lowest BCUT2D eigenvalue weighted by molar-refractivity contribution is 0.0337. The zero-order valence-electron chi connectivity index (χ0n) is 12.2. The van der Waals surface area contributed by atoms with E-state index in [1.165, 1.54) is 12.1 Å². The van der Waals surface area contributed by atoms with E-state index in [-0.39, 0.29) is 18.5 Å². The maximum Gasteiger partial charge on any atom is 0.374 e. The molecule has 1 aromatic carbocycles. The highest BCUT2D eigenvalue weighted by atomic mass is 35.5. The minimum Gasteiger partial charge on any atom is -0.485 e. The molecule has 0 fully saturated rings. The lowest BCUT2D eigenvalue weighted by Crippen LogP contribution is -2.10. The van der Waals surface area contributed by atoms with E-state index in [1.807, 2.05) is 0 Å². The van der Waals surface area contributed by atoms with Gasteiger partial charge in [-0.05, 0) is 44.2 Å². The van der Waals surface area contributed by atoms with Crippen LogP contribution in [0.25, 0.3) is 0 Å². The number of ether oxygens (including phenoxy) is 2. The van der Waals surface area contributed by atoms with E-state index < -0.39 is 5.97 Å². The van der Waals surface area contributed by atoms with Gasteiger partial charge >= 0.3 is 5.97 Å². The van der Waals surface area contributed by atoms with Crippen molar-refractivity contribution in [2.75, 3.05) is 0 Å². The lowest BCUT2D eigenvalue weighted by atomic mass is 10.2. The fraction of sp³-hybridized carbons (Fsp3) is 0.250. The number of esters is 1. The van der Waals surface area contributed by atoms with Gasteiger partial charge in [-0.25, -0.2) is 4.79 Å². The first kappa shape index (κ1) is 16.1. The average Bonchev–Trinajstić information content (AvgIpc) is 2.94. The van der Waals surface area contributed by atoms with Gasteiger partial charge in [0, 0.05) is 5.02 Å². The quantitative estimate of drug-likeness (QED) is 0.596. The van der Waals surface area contributed by atoms with E-state index in [9.17, 15) is 9.59 Å². The molecular formula is C16H15ClO5. The third kappa shape index (κ3) is 4.11. The highest BCUT2D eigenvalue weighted by Crippen LogP contribution is 2.22. The first-order chi connectivity index (χ1) is 10.5. The molecule has 5 nitrogen and oxygen atoms in total. The third-order valence-corrected chi connectivity index (χ3v) is 2.91. The van der Waals surface area contributed by atoms with Crippen molar-refractivity contribution < 1.29 is 23.5 Å². The molecule has 0 saturated heterocycles. The van der Waals surface area contributed by atoms with Gasteiger partial charge in [-0.3, -0.25) is 4.79 Å². The topological polar surface area (TPSA) is 65.7 Å². The molecule has 2 rings (SSSR count). The van der Waals surface area contributed by atoms with Gasteiger partial charge in [-0.1, -0.05) is 11.6 Å². The fourth-order valence-electron chi connectivity index (χ4n) is 1.73. The molecule has 1 heterocycles. The number of halogens is 1. The number of hydrogen-bond acceptors (Lipinski definition) is 5. The molecule has 0 spiro atoms. The summed E-state index contributed by atoms with van der Waals surface area (Å²) < 4.78 is 15.9. The Morgan fingerprint density at radius 1 is 1.32 bits per heavy atom. The number of carbonyl (C=O) groups excluding carboxylic acids is 2. The van der Waals surface area contributed by atoms with E-state index in [2.05, 4.69) is 0 Å². The van der Waals surface area contributed by atoms with Gasteiger partial charge in [0.2, 0.25) is 5.76 Å². The number of aldehydes is 1. The molecule has 0 N–H and O–H groups in total. The van der Waals surface area contributed by atoms with E-state index in [0.717, 1.165) is 0 Å². The SMILES string of the molecule is CC(C)OC(=O)c1ccc(COc2ccc(Cl)cc2C=O)o1. The molecule has 0 saturated carbocycles. The third-order valence-electron chi connectivity index (χ3n) is 2.67. The van der Waals surface area contributed by atoms with Crippen LogP contribution in [-0.2, 0) is 11.3 Å². The Hall–Kier alpha value is -2.27. The maximum absolute atomic E-state index is 11.7. The predicted octanol–water partition coefficient (Wildman–Crippen LogP) is 3.89. The first-order valence-corrected chi connectivity index (χ1v) is 7.04. The highest BCUT2D eigenvalue weighted by Gasteiger charge is 2.14. The average molecular weight is 323 g/mol. The van der Waals surface area contributed by atoms with Crippen molar-refractivity contribution in [3.63, 3.8) is 0 Å². The van der Waals surface area contributed by atoms with Crippen LogP contribution in [0.3, 0.4) is 0 Å². The lowest BCUT2D eigenvalue weighted by Gasteiger charge is -2.07. The van der Waals surface area contributed by atoms with Gasteiger partial charge in [-0.15, -0.1) is 0 Å². The van der Waals surface area contributed by atoms with Crippen LogP contribution in [0.2, 0.25) is 5.02 Å². The second-order valence-electron chi connectivity index (χ2n) is 4.81. The van der Waals surface area contributed by atoms with Gasteiger partial charge in [0.1, 0.15) is 18.1 Å². The molecule has 0 aliphatic carbocycles. The summed E-state index contributed by atoms with van der Waals surface area (Å²) in [5.41, 5.74) is 0.346. The highest BCUT2D eigenvalue weighted by molar-refractivity contribution is 6.30. The number of benzene rings is 1. The molecular weight excluding hydrogens is 308 g/mol. The van der Waals surface area contributed by atoms with E-state index in [0.29, 0.717) is 28.4 Å². The summed E-state index contributed by atoms with van der Waals surface area (Å²) in [5.74, 6) is 0.421. The summed E-state index contributed by atoms with van der Waals surface area (Å²) in [6, 6.07) is 7.87. The number of rotatable bonds is 6. The number of carbonyl (C=O) groups is 2. The monoisotopic (exact) mass is 322 g/mol. The molecule has 0 bridgehead atoms. The van der Waals surface area contributed by atoms with Crippen molar-refractivity contribution >= 4 is 23.9 Å². The number of furan rings is 1. The normalized spacial score (nSPS) is 10.5. The van der Waals surface area contributed by atoms with Crippen LogP contribution in [0, 0.1) is 0 Å². The second-order valence-corrected chi connectivity index (χ2v) is 5.25. The molecule has 0 amide bonds. The van der Waals surface area contributed by atoms with Crippen LogP contribution in [0.5, 0.6) is 5.75 Å². The summed E-state index contributed by atoms with van der Waals surface area (Å²) in [6.07, 6.45) is 0.441. The summed E-state index contributed by atoms with van der Waals surface area (Å²) in [5, 5.41) is 0.450. The van der Waals surface area contributed by atoms with E-state index in [1.54, 1.807) is 32.0 Å². The van der Waals surface area contributed by atoms with Gasteiger partial charge in [0.25, 0.3) is 0 Å². The second kappa shape index (κ2) is 7.13. The van der Waals surface area contributed by atoms with Gasteiger partial charge < -0.3 is 13.9 Å². The van der Waals surface area contributed by atoms with Crippen molar-refractivity contribution in [2.24, 2.45) is 0 Å². The fourth-order valence-corrected chi connectivity index (χ4v) is 1.91. The standard InChI is InChI=1S/C16H15ClO5/c1-10(2)21-16(19)15-6-4-13(22-15)9-20-14-5-3-12(17)7-11(14)8-18/h3-8,10H,9H2,1-2H3. The first-order valence-electron chi connectivity index (χ1n) is 6.67. The van der Waals surface area contributed by atoms with Gasteiger partial charge in [0.05, 0.1) is 11.7 Å². The van der Waals surface area contributed by atoms with Crippen LogP contribution in [-0.4, -0.2) is 18.4 Å². The smallest absolute Gasteiger partial charge is 0.374 e. The molecule has 0 radical (unpaired) electrons. The zero-order valence-corrected chi connectivity index (χ0v) is 12.9. The molecule has 0 aliphatic heterocycles. The summed E-state index contributed by atoms with van der Waals surface area (Å²) in [4.78, 5) is 22.6. The Kier molecular flexibility index (Phi) is 5.22. The molecule has 0 unspecified atom stereocenters. The summed E-state index contributed by atoms with van der Waals surface area (Å²) >= 11 is 5.81. The molecule has 1 aromatic heterocycles. The van der Waals surface area contributed by atoms with Gasteiger partial charge in [0.15, 0.2) is 6.29 Å². The molecule has 6 heteroatoms. The minimum atomic E-state index is -0.527. The van der Waals surface area contributed by atoms with Gasteiger partial charge in [-0.2, -0.15) is 0 Å². The predicted molar refractivity (Wildman–Crippen MR) is 80.4 cm³/mol. The molecule has 0 atom stereocenters. The molecule has 2 aromatic rings. The molecule has 22 heavy (non-hydrogen) atoms. The number of hydrogen-bond donors (Lipinski definition) is 0. The Bertz CT molecular complexity index is 675. The molecule has 0 aliphatic rings. The molecule has 116 valence electrons. The largest absolute Gasteiger partial charge is 0.485 e. The van der Waals surface area contributed by atoms with Crippen molar-refractivity contribution in [1.29, 1.82) is 0 Å². The van der Waals surface area contributed by atoms with Crippen molar-refractivity contribution in [1.82, 2.24) is 0 Å². The van der Waals surface area contributed by atoms with Crippen LogP contribution in [0.15, 0.2) is 34.7 Å². The Morgan fingerprint density at radius 2 is 2.09 bits per heavy atom.